The summed E-state index contributed by atoms with van der Waals surface area (Å²) in [6.45, 7) is 2.18. The number of carbonyl (C=O) groups is 4. The van der Waals surface area contributed by atoms with Crippen molar-refractivity contribution in [2.24, 2.45) is 0 Å². The largest absolute Gasteiger partial charge is 0.351 e. The van der Waals surface area contributed by atoms with Crippen LogP contribution in [0.5, 0.6) is 0 Å². The number of aromatic amines is 1. The van der Waals surface area contributed by atoms with Gasteiger partial charge in [0.25, 0.3) is 11.5 Å². The minimum Gasteiger partial charge on any atom is -0.351 e. The van der Waals surface area contributed by atoms with Gasteiger partial charge in [-0.05, 0) is 43.7 Å². The highest BCUT2D eigenvalue weighted by atomic mass is 32.1. The molecule has 0 saturated heterocycles. The average molecular weight is 594 g/mol. The van der Waals surface area contributed by atoms with Crippen LogP contribution in [0.2, 0.25) is 0 Å². The van der Waals surface area contributed by atoms with E-state index < -0.39 is 24.0 Å². The summed E-state index contributed by atoms with van der Waals surface area (Å²) in [5.74, 6) is -1.50. The number of amides is 4. The molecule has 0 radical (unpaired) electrons. The van der Waals surface area contributed by atoms with Crippen LogP contribution in [0.15, 0.2) is 52.6 Å². The molecule has 3 aromatic rings. The second-order valence-corrected chi connectivity index (χ2v) is 11.0. The Hall–Kier alpha value is -4.39. The van der Waals surface area contributed by atoms with Crippen molar-refractivity contribution in [3.05, 3.63) is 80.2 Å². The molecule has 1 aliphatic rings. The summed E-state index contributed by atoms with van der Waals surface area (Å²) in [6, 6.07) is 10.3. The van der Waals surface area contributed by atoms with Gasteiger partial charge in [-0.15, -0.1) is 11.3 Å². The maximum absolute atomic E-state index is 13.4. The number of fused-ring (bicyclic) bond motifs is 2. The van der Waals surface area contributed by atoms with Crippen LogP contribution in [0.25, 0.3) is 0 Å². The zero-order chi connectivity index (χ0) is 29.9. The van der Waals surface area contributed by atoms with Crippen molar-refractivity contribution >= 4 is 35.0 Å². The molecular formula is C29H35N7O5S. The number of hydrogen-bond donors (Lipinski definition) is 5. The molecule has 0 aliphatic carbocycles. The molecule has 1 aliphatic heterocycles. The van der Waals surface area contributed by atoms with Crippen molar-refractivity contribution in [3.63, 3.8) is 0 Å². The van der Waals surface area contributed by atoms with Gasteiger partial charge >= 0.3 is 0 Å². The number of aromatic nitrogens is 3. The average Bonchev–Trinajstić information content (AvgIpc) is 3.49. The second-order valence-electron chi connectivity index (χ2n) is 10.1. The van der Waals surface area contributed by atoms with Crippen molar-refractivity contribution < 1.29 is 19.2 Å². The van der Waals surface area contributed by atoms with Crippen LogP contribution in [0, 0.1) is 0 Å². The van der Waals surface area contributed by atoms with Crippen molar-refractivity contribution in [3.8, 4) is 0 Å². The third kappa shape index (κ3) is 8.80. The lowest BCUT2D eigenvalue weighted by molar-refractivity contribution is -0.132. The fraction of sp³-hybridized carbons (Fsp3) is 0.414. The monoisotopic (exact) mass is 593 g/mol. The predicted octanol–water partition coefficient (Wildman–Crippen LogP) is 1.55. The van der Waals surface area contributed by atoms with Gasteiger partial charge in [0.15, 0.2) is 0 Å². The normalized spacial score (nSPS) is 20.2. The van der Waals surface area contributed by atoms with E-state index in [1.54, 1.807) is 18.4 Å². The molecule has 4 amide bonds. The van der Waals surface area contributed by atoms with Crippen LogP contribution in [0.3, 0.4) is 0 Å². The van der Waals surface area contributed by atoms with Crippen molar-refractivity contribution in [1.29, 1.82) is 0 Å². The summed E-state index contributed by atoms with van der Waals surface area (Å²) in [4.78, 5) is 68.0. The third-order valence-electron chi connectivity index (χ3n) is 6.89. The number of H-pyrrole nitrogens is 1. The van der Waals surface area contributed by atoms with E-state index >= 15 is 0 Å². The van der Waals surface area contributed by atoms with Gasteiger partial charge in [0, 0.05) is 30.8 Å². The lowest BCUT2D eigenvalue weighted by Crippen LogP contribution is -2.54. The summed E-state index contributed by atoms with van der Waals surface area (Å²) in [6.07, 6.45) is 2.58. The molecule has 42 heavy (non-hydrogen) atoms. The number of carbonyl (C=O) groups excluding carboxylic acids is 4. The summed E-state index contributed by atoms with van der Waals surface area (Å²) < 4.78 is 0. The molecule has 0 unspecified atom stereocenters. The predicted molar refractivity (Wildman–Crippen MR) is 157 cm³/mol. The quantitative estimate of drug-likeness (QED) is 0.276. The van der Waals surface area contributed by atoms with Crippen LogP contribution in [0.1, 0.15) is 71.8 Å². The Morgan fingerprint density at radius 1 is 1.00 bits per heavy atom. The Labute approximate surface area is 247 Å². The Kier molecular flexibility index (Phi) is 10.9. The highest BCUT2D eigenvalue weighted by Crippen LogP contribution is 2.23. The zero-order valence-electron chi connectivity index (χ0n) is 23.4. The van der Waals surface area contributed by atoms with E-state index in [-0.39, 0.29) is 41.8 Å². The minimum absolute atomic E-state index is 0.0621. The van der Waals surface area contributed by atoms with Gasteiger partial charge in [-0.25, -0.2) is 10.1 Å². The molecule has 2 aromatic heterocycles. The number of nitrogens with zero attached hydrogens (tertiary/aromatic N) is 2. The topological polar surface area (TPSA) is 175 Å². The van der Waals surface area contributed by atoms with Crippen LogP contribution >= 0.6 is 11.3 Å². The van der Waals surface area contributed by atoms with Crippen LogP contribution in [0.4, 0.5) is 0 Å². The van der Waals surface area contributed by atoms with E-state index in [1.807, 2.05) is 30.3 Å². The Morgan fingerprint density at radius 3 is 2.52 bits per heavy atom. The van der Waals surface area contributed by atoms with E-state index in [0.29, 0.717) is 49.4 Å². The van der Waals surface area contributed by atoms with Crippen LogP contribution in [-0.2, 0) is 27.2 Å². The fourth-order valence-corrected chi connectivity index (χ4v) is 5.40. The summed E-state index contributed by atoms with van der Waals surface area (Å²) in [5, 5.41) is 20.0. The van der Waals surface area contributed by atoms with Gasteiger partial charge in [0.1, 0.15) is 22.8 Å². The lowest BCUT2D eigenvalue weighted by Gasteiger charge is -2.25. The van der Waals surface area contributed by atoms with Gasteiger partial charge in [-0.3, -0.25) is 24.0 Å². The maximum Gasteiger partial charge on any atom is 0.270 e. The number of rotatable bonds is 7. The molecule has 1 aromatic carbocycles. The smallest absolute Gasteiger partial charge is 0.270 e. The van der Waals surface area contributed by atoms with E-state index in [9.17, 15) is 24.0 Å². The SMILES string of the molecule is CC[C@H]1NC(=O)[C@@H](NC(=O)CCc2ccc(=O)[nH]n2)CCCCNC(=O)c2csc(n2)[C@H](Cc2ccccc2)NC1=O. The number of aryl methyl sites for hydroxylation is 1. The van der Waals surface area contributed by atoms with E-state index in [2.05, 4.69) is 36.4 Å². The van der Waals surface area contributed by atoms with Gasteiger partial charge in [-0.1, -0.05) is 37.3 Å². The first kappa shape index (κ1) is 30.6. The zero-order valence-corrected chi connectivity index (χ0v) is 24.2. The van der Waals surface area contributed by atoms with Gasteiger partial charge < -0.3 is 21.3 Å². The molecule has 12 nitrogen and oxygen atoms in total. The number of benzene rings is 1. The molecule has 222 valence electrons. The Morgan fingerprint density at radius 2 is 1.79 bits per heavy atom. The minimum atomic E-state index is -0.870. The number of thiazole rings is 1. The first-order chi connectivity index (χ1) is 20.3. The molecule has 13 heteroatoms. The first-order valence-electron chi connectivity index (χ1n) is 14.0. The molecule has 0 spiro atoms. The van der Waals surface area contributed by atoms with Crippen LogP contribution in [-0.4, -0.2) is 57.4 Å². The third-order valence-corrected chi connectivity index (χ3v) is 7.85. The van der Waals surface area contributed by atoms with Crippen molar-refractivity contribution in [2.45, 2.75) is 70.0 Å². The molecule has 0 fully saturated rings. The molecule has 2 bridgehead atoms. The first-order valence-corrected chi connectivity index (χ1v) is 14.9. The lowest BCUT2D eigenvalue weighted by atomic mass is 10.0. The Balaban J connectivity index is 1.49. The van der Waals surface area contributed by atoms with Gasteiger partial charge in [0.05, 0.1) is 11.7 Å². The number of hydrogen-bond acceptors (Lipinski definition) is 8. The molecule has 3 heterocycles. The molecule has 0 saturated carbocycles. The molecule has 3 atom stereocenters. The second kappa shape index (κ2) is 15.0. The Bertz CT molecular complexity index is 1420. The van der Waals surface area contributed by atoms with E-state index in [1.165, 1.54) is 17.4 Å². The standard InChI is InChI=1S/C29H35N7O5S/c1-2-20-27(40)33-22(16-18-8-4-3-5-9-18)29-34-23(17-42-29)26(39)30-15-7-6-10-21(28(41)32-20)31-24(37)13-11-19-12-14-25(38)36-35-19/h3-5,8-9,12,14,17,20-22H,2,6-7,10-11,13,15-16H2,1H3,(H,30,39)(H,31,37)(H,32,41)(H,33,40)(H,36,38)/t20-,21+,22+/m1/s1. The maximum atomic E-state index is 13.4. The summed E-state index contributed by atoms with van der Waals surface area (Å²) in [7, 11) is 0. The van der Waals surface area contributed by atoms with Crippen molar-refractivity contribution in [1.82, 2.24) is 36.4 Å². The van der Waals surface area contributed by atoms with Gasteiger partial charge in [-0.2, -0.15) is 5.10 Å². The highest BCUT2D eigenvalue weighted by Gasteiger charge is 2.29. The molecular weight excluding hydrogens is 558 g/mol. The fourth-order valence-electron chi connectivity index (χ4n) is 4.55. The highest BCUT2D eigenvalue weighted by molar-refractivity contribution is 7.09. The molecule has 4 rings (SSSR count). The summed E-state index contributed by atoms with van der Waals surface area (Å²) in [5.41, 5.74) is 1.48. The van der Waals surface area contributed by atoms with Crippen LogP contribution < -0.4 is 26.8 Å². The van der Waals surface area contributed by atoms with Crippen molar-refractivity contribution in [2.75, 3.05) is 6.54 Å². The summed E-state index contributed by atoms with van der Waals surface area (Å²) >= 11 is 1.30. The van der Waals surface area contributed by atoms with E-state index in [4.69, 9.17) is 0 Å². The number of nitrogens with one attached hydrogen (secondary N) is 5. The molecule has 5 N–H and O–H groups in total. The van der Waals surface area contributed by atoms with Gasteiger partial charge in [0.2, 0.25) is 17.7 Å². The van der Waals surface area contributed by atoms with E-state index in [0.717, 1.165) is 5.56 Å².